The Labute approximate surface area is 157 Å². The third-order valence-corrected chi connectivity index (χ3v) is 4.10. The van der Waals surface area contributed by atoms with E-state index in [1.807, 2.05) is 0 Å². The molecule has 0 fully saturated rings. The number of rotatable bonds is 11. The predicted octanol–water partition coefficient (Wildman–Crippen LogP) is -2.71. The van der Waals surface area contributed by atoms with Gasteiger partial charge in [0.1, 0.15) is 12.1 Å². The van der Waals surface area contributed by atoms with Crippen molar-refractivity contribution in [3.63, 3.8) is 0 Å². The summed E-state index contributed by atoms with van der Waals surface area (Å²) in [6.07, 6.45) is -1.89. The molecule has 0 rings (SSSR count). The summed E-state index contributed by atoms with van der Waals surface area (Å²) in [6, 6.07) is -3.72. The molecule has 0 aliphatic carbocycles. The van der Waals surface area contributed by atoms with E-state index in [2.05, 4.69) is 16.0 Å². The number of carboxylic acid groups (broad SMARTS) is 1. The van der Waals surface area contributed by atoms with Gasteiger partial charge in [-0.3, -0.25) is 14.4 Å². The zero-order valence-corrected chi connectivity index (χ0v) is 15.9. The Hall–Kier alpha value is -2.24. The number of amides is 3. The molecule has 0 heterocycles. The third-order valence-electron chi connectivity index (χ3n) is 4.10. The van der Waals surface area contributed by atoms with Gasteiger partial charge in [-0.2, -0.15) is 0 Å². The van der Waals surface area contributed by atoms with E-state index in [1.165, 1.54) is 13.8 Å². The summed E-state index contributed by atoms with van der Waals surface area (Å²) in [5, 5.41) is 34.5. The zero-order chi connectivity index (χ0) is 21.3. The lowest BCUT2D eigenvalue weighted by atomic mass is 9.97. The van der Waals surface area contributed by atoms with Gasteiger partial charge in [-0.25, -0.2) is 4.79 Å². The van der Waals surface area contributed by atoms with E-state index in [-0.39, 0.29) is 5.92 Å². The van der Waals surface area contributed by atoms with Gasteiger partial charge in [-0.15, -0.1) is 0 Å². The molecule has 0 aliphatic rings. The summed E-state index contributed by atoms with van der Waals surface area (Å²) in [5.41, 5.74) is 5.55. The molecule has 0 bridgehead atoms. The Kier molecular flexibility index (Phi) is 10.5. The molecule has 0 aromatic heterocycles. The number of aliphatic hydroxyl groups excluding tert-OH is 2. The Balaban J connectivity index is 4.89. The molecule has 27 heavy (non-hydrogen) atoms. The first kappa shape index (κ1) is 24.8. The lowest BCUT2D eigenvalue weighted by Gasteiger charge is -2.25. The second kappa shape index (κ2) is 11.5. The fourth-order valence-corrected chi connectivity index (χ4v) is 2.06. The van der Waals surface area contributed by atoms with Crippen LogP contribution in [0.25, 0.3) is 0 Å². The topological polar surface area (TPSA) is 191 Å². The van der Waals surface area contributed by atoms with Gasteiger partial charge in [0, 0.05) is 0 Å². The van der Waals surface area contributed by atoms with Crippen LogP contribution in [0, 0.1) is 5.92 Å². The van der Waals surface area contributed by atoms with E-state index in [1.54, 1.807) is 13.8 Å². The van der Waals surface area contributed by atoms with Crippen LogP contribution in [0.5, 0.6) is 0 Å². The zero-order valence-electron chi connectivity index (χ0n) is 15.9. The maximum absolute atomic E-state index is 12.4. The minimum absolute atomic E-state index is 0.289. The number of hydrogen-bond acceptors (Lipinski definition) is 7. The van der Waals surface area contributed by atoms with Crippen LogP contribution >= 0.6 is 0 Å². The quantitative estimate of drug-likeness (QED) is 0.198. The third kappa shape index (κ3) is 8.33. The van der Waals surface area contributed by atoms with E-state index in [0.29, 0.717) is 6.42 Å². The summed E-state index contributed by atoms with van der Waals surface area (Å²) < 4.78 is 0. The van der Waals surface area contributed by atoms with Gasteiger partial charge in [-0.1, -0.05) is 20.3 Å². The smallest absolute Gasteiger partial charge is 0.328 e. The van der Waals surface area contributed by atoms with Crippen molar-refractivity contribution in [1.29, 1.82) is 0 Å². The summed E-state index contributed by atoms with van der Waals surface area (Å²) in [7, 11) is 0. The number of carbonyl (C=O) groups is 4. The molecule has 0 aromatic rings. The maximum atomic E-state index is 12.4. The van der Waals surface area contributed by atoms with Crippen molar-refractivity contribution in [2.24, 2.45) is 11.7 Å². The lowest BCUT2D eigenvalue weighted by Crippen LogP contribution is -2.57. The first-order valence-corrected chi connectivity index (χ1v) is 8.64. The molecule has 156 valence electrons. The molecule has 6 atom stereocenters. The Morgan fingerprint density at radius 3 is 1.89 bits per heavy atom. The molecule has 0 spiro atoms. The Morgan fingerprint density at radius 1 is 0.926 bits per heavy atom. The van der Waals surface area contributed by atoms with Crippen molar-refractivity contribution < 1.29 is 34.5 Å². The Bertz CT molecular complexity index is 539. The minimum atomic E-state index is -1.51. The SMILES string of the molecule is CCC(C)C(NC(=O)C(N)C(C)O)C(=O)NCC(=O)NC(C(=O)O)C(C)O. The van der Waals surface area contributed by atoms with Gasteiger partial charge in [0.05, 0.1) is 18.8 Å². The summed E-state index contributed by atoms with van der Waals surface area (Å²) in [6.45, 7) is 5.52. The van der Waals surface area contributed by atoms with E-state index >= 15 is 0 Å². The highest BCUT2D eigenvalue weighted by molar-refractivity contribution is 5.92. The largest absolute Gasteiger partial charge is 0.480 e. The summed E-state index contributed by atoms with van der Waals surface area (Å²) >= 11 is 0. The number of nitrogens with one attached hydrogen (secondary N) is 3. The highest BCUT2D eigenvalue weighted by Crippen LogP contribution is 2.08. The van der Waals surface area contributed by atoms with Crippen LogP contribution in [0.1, 0.15) is 34.1 Å². The van der Waals surface area contributed by atoms with E-state index in [0.717, 1.165) is 0 Å². The van der Waals surface area contributed by atoms with Crippen LogP contribution in [-0.2, 0) is 19.2 Å². The molecule has 11 nitrogen and oxygen atoms in total. The van der Waals surface area contributed by atoms with Crippen molar-refractivity contribution in [2.45, 2.75) is 64.4 Å². The normalized spacial score (nSPS) is 17.6. The number of aliphatic hydroxyl groups is 2. The van der Waals surface area contributed by atoms with Gasteiger partial charge in [0.15, 0.2) is 6.04 Å². The van der Waals surface area contributed by atoms with E-state index in [4.69, 9.17) is 10.8 Å². The van der Waals surface area contributed by atoms with E-state index in [9.17, 15) is 29.4 Å². The highest BCUT2D eigenvalue weighted by atomic mass is 16.4. The molecule has 6 unspecified atom stereocenters. The van der Waals surface area contributed by atoms with Crippen molar-refractivity contribution in [1.82, 2.24) is 16.0 Å². The second-order valence-corrected chi connectivity index (χ2v) is 6.48. The predicted molar refractivity (Wildman–Crippen MR) is 95.3 cm³/mol. The molecule has 0 aromatic carbocycles. The molecule has 0 aliphatic heterocycles. The second-order valence-electron chi connectivity index (χ2n) is 6.48. The minimum Gasteiger partial charge on any atom is -0.480 e. The average Bonchev–Trinajstić information content (AvgIpc) is 2.59. The van der Waals surface area contributed by atoms with Crippen molar-refractivity contribution in [3.8, 4) is 0 Å². The number of hydrogen-bond donors (Lipinski definition) is 7. The molecule has 11 heteroatoms. The molecular weight excluding hydrogens is 360 g/mol. The van der Waals surface area contributed by atoms with Crippen LogP contribution in [-0.4, -0.2) is 75.9 Å². The molecular formula is C16H30N4O7. The van der Waals surface area contributed by atoms with Gasteiger partial charge < -0.3 is 37.0 Å². The average molecular weight is 390 g/mol. The molecule has 3 amide bonds. The van der Waals surface area contributed by atoms with Crippen LogP contribution in [0.3, 0.4) is 0 Å². The number of carbonyl (C=O) groups excluding carboxylic acids is 3. The number of aliphatic carboxylic acids is 1. The van der Waals surface area contributed by atoms with E-state index < -0.39 is 60.6 Å². The molecule has 0 radical (unpaired) electrons. The maximum Gasteiger partial charge on any atom is 0.328 e. The fourth-order valence-electron chi connectivity index (χ4n) is 2.06. The van der Waals surface area contributed by atoms with Gasteiger partial charge in [0.2, 0.25) is 17.7 Å². The number of nitrogens with two attached hydrogens (primary N) is 1. The van der Waals surface area contributed by atoms with Crippen LogP contribution in [0.15, 0.2) is 0 Å². The van der Waals surface area contributed by atoms with Gasteiger partial charge in [0.25, 0.3) is 0 Å². The summed E-state index contributed by atoms with van der Waals surface area (Å²) in [4.78, 5) is 47.1. The number of carboxylic acids is 1. The standard InChI is InChI=1S/C16H30N4O7/c1-5-7(2)12(20-14(24)11(17)8(3)21)15(25)18-6-10(23)19-13(9(4)22)16(26)27/h7-9,11-13,21-22H,5-6,17H2,1-4H3,(H,18,25)(H,19,23)(H,20,24)(H,26,27). The van der Waals surface area contributed by atoms with Crippen molar-refractivity contribution >= 4 is 23.7 Å². The first-order valence-electron chi connectivity index (χ1n) is 8.64. The highest BCUT2D eigenvalue weighted by Gasteiger charge is 2.30. The first-order chi connectivity index (χ1) is 12.4. The summed E-state index contributed by atoms with van der Waals surface area (Å²) in [5.74, 6) is -3.89. The molecule has 0 saturated heterocycles. The van der Waals surface area contributed by atoms with Gasteiger partial charge >= 0.3 is 5.97 Å². The van der Waals surface area contributed by atoms with Crippen molar-refractivity contribution in [2.75, 3.05) is 6.54 Å². The van der Waals surface area contributed by atoms with Crippen molar-refractivity contribution in [3.05, 3.63) is 0 Å². The van der Waals surface area contributed by atoms with Crippen LogP contribution in [0.4, 0.5) is 0 Å². The monoisotopic (exact) mass is 390 g/mol. The fraction of sp³-hybridized carbons (Fsp3) is 0.750. The molecule has 8 N–H and O–H groups in total. The lowest BCUT2D eigenvalue weighted by molar-refractivity contribution is -0.144. The molecule has 0 saturated carbocycles. The van der Waals surface area contributed by atoms with Gasteiger partial charge in [-0.05, 0) is 19.8 Å². The van der Waals surface area contributed by atoms with Crippen LogP contribution < -0.4 is 21.7 Å². The Morgan fingerprint density at radius 2 is 1.48 bits per heavy atom. The van der Waals surface area contributed by atoms with Crippen LogP contribution in [0.2, 0.25) is 0 Å².